The van der Waals surface area contributed by atoms with Crippen molar-refractivity contribution in [3.63, 3.8) is 0 Å². The van der Waals surface area contributed by atoms with Crippen molar-refractivity contribution < 1.29 is 4.74 Å². The molecule has 1 nitrogen and oxygen atoms in total. The minimum Gasteiger partial charge on any atom is -0.375 e. The Morgan fingerprint density at radius 3 is 2.54 bits per heavy atom. The summed E-state index contributed by atoms with van der Waals surface area (Å²) in [6, 6.07) is 0. The van der Waals surface area contributed by atoms with E-state index in [1.807, 2.05) is 0 Å². The first kappa shape index (κ1) is 9.51. The summed E-state index contributed by atoms with van der Waals surface area (Å²) in [6.45, 7) is 3.32. The van der Waals surface area contributed by atoms with Crippen LogP contribution in [0.2, 0.25) is 0 Å². The average molecular weight is 182 g/mol. The number of hydrogen-bond donors (Lipinski definition) is 0. The molecule has 1 aliphatic heterocycles. The fourth-order valence-corrected chi connectivity index (χ4v) is 3.00. The monoisotopic (exact) mass is 182 g/mol. The second-order valence-electron chi connectivity index (χ2n) is 5.11. The smallest absolute Gasteiger partial charge is 0.0658 e. The zero-order valence-electron chi connectivity index (χ0n) is 8.85. The molecule has 2 aliphatic rings. The van der Waals surface area contributed by atoms with Crippen molar-refractivity contribution >= 4 is 0 Å². The second kappa shape index (κ2) is 4.00. The molecule has 1 saturated heterocycles. The van der Waals surface area contributed by atoms with Gasteiger partial charge in [0.1, 0.15) is 0 Å². The molecule has 0 aromatic heterocycles. The van der Waals surface area contributed by atoms with Crippen molar-refractivity contribution in [2.75, 3.05) is 6.61 Å². The molecule has 1 saturated carbocycles. The molecule has 2 fully saturated rings. The summed E-state index contributed by atoms with van der Waals surface area (Å²) in [5.74, 6) is 0.969. The van der Waals surface area contributed by atoms with Gasteiger partial charge in [0.2, 0.25) is 0 Å². The summed E-state index contributed by atoms with van der Waals surface area (Å²) in [5, 5.41) is 0. The summed E-state index contributed by atoms with van der Waals surface area (Å²) in [7, 11) is 0. The highest BCUT2D eigenvalue weighted by atomic mass is 16.5. The summed E-state index contributed by atoms with van der Waals surface area (Å²) in [4.78, 5) is 0. The molecule has 1 heterocycles. The van der Waals surface area contributed by atoms with Crippen LogP contribution in [0.1, 0.15) is 58.3 Å². The first-order chi connectivity index (χ1) is 6.29. The van der Waals surface area contributed by atoms with Crippen LogP contribution in [0.15, 0.2) is 0 Å². The quantitative estimate of drug-likeness (QED) is 0.635. The maximum absolute atomic E-state index is 5.84. The van der Waals surface area contributed by atoms with Gasteiger partial charge in [-0.15, -0.1) is 0 Å². The largest absolute Gasteiger partial charge is 0.375 e. The SMILES string of the molecule is CC1(CC2CCCCC2)CCCO1. The molecule has 0 aromatic rings. The van der Waals surface area contributed by atoms with Crippen LogP contribution in [-0.4, -0.2) is 12.2 Å². The lowest BCUT2D eigenvalue weighted by molar-refractivity contribution is -0.00386. The molecule has 1 atom stereocenters. The average Bonchev–Trinajstić information content (AvgIpc) is 2.54. The van der Waals surface area contributed by atoms with Gasteiger partial charge in [-0.05, 0) is 32.1 Å². The topological polar surface area (TPSA) is 9.23 Å². The molecular weight excluding hydrogens is 160 g/mol. The standard InChI is InChI=1S/C12H22O/c1-12(8-5-9-13-12)10-11-6-3-2-4-7-11/h11H,2-10H2,1H3. The molecule has 1 unspecified atom stereocenters. The van der Waals surface area contributed by atoms with E-state index in [0.29, 0.717) is 0 Å². The van der Waals surface area contributed by atoms with Crippen molar-refractivity contribution in [3.8, 4) is 0 Å². The Morgan fingerprint density at radius 1 is 1.15 bits per heavy atom. The van der Waals surface area contributed by atoms with Crippen LogP contribution in [0.25, 0.3) is 0 Å². The molecular formula is C12H22O. The zero-order chi connectivity index (χ0) is 9.15. The van der Waals surface area contributed by atoms with Crippen molar-refractivity contribution in [3.05, 3.63) is 0 Å². The van der Waals surface area contributed by atoms with Crippen LogP contribution < -0.4 is 0 Å². The van der Waals surface area contributed by atoms with Gasteiger partial charge in [-0.3, -0.25) is 0 Å². The third-order valence-electron chi connectivity index (χ3n) is 3.75. The lowest BCUT2D eigenvalue weighted by Gasteiger charge is -2.30. The zero-order valence-corrected chi connectivity index (χ0v) is 8.85. The Hall–Kier alpha value is -0.0400. The number of ether oxygens (including phenoxy) is 1. The maximum atomic E-state index is 5.84. The van der Waals surface area contributed by atoms with Gasteiger partial charge in [-0.2, -0.15) is 0 Å². The van der Waals surface area contributed by atoms with Gasteiger partial charge in [0.15, 0.2) is 0 Å². The molecule has 0 N–H and O–H groups in total. The highest BCUT2D eigenvalue weighted by Crippen LogP contribution is 2.36. The van der Waals surface area contributed by atoms with Crippen molar-refractivity contribution in [1.82, 2.24) is 0 Å². The molecule has 0 bridgehead atoms. The van der Waals surface area contributed by atoms with E-state index in [9.17, 15) is 0 Å². The van der Waals surface area contributed by atoms with Crippen LogP contribution in [0.3, 0.4) is 0 Å². The summed E-state index contributed by atoms with van der Waals surface area (Å²) >= 11 is 0. The van der Waals surface area contributed by atoms with Crippen LogP contribution in [-0.2, 0) is 4.74 Å². The van der Waals surface area contributed by atoms with Crippen LogP contribution in [0.4, 0.5) is 0 Å². The molecule has 76 valence electrons. The molecule has 13 heavy (non-hydrogen) atoms. The van der Waals surface area contributed by atoms with Crippen molar-refractivity contribution in [2.24, 2.45) is 5.92 Å². The summed E-state index contributed by atoms with van der Waals surface area (Å²) in [6.07, 6.45) is 11.2. The Labute approximate surface area is 81.9 Å². The minimum atomic E-state index is 0.252. The van der Waals surface area contributed by atoms with Gasteiger partial charge in [0.25, 0.3) is 0 Å². The third kappa shape index (κ3) is 2.46. The van der Waals surface area contributed by atoms with Crippen molar-refractivity contribution in [1.29, 1.82) is 0 Å². The van der Waals surface area contributed by atoms with Gasteiger partial charge in [-0.25, -0.2) is 0 Å². The predicted octanol–water partition coefficient (Wildman–Crippen LogP) is 3.53. The van der Waals surface area contributed by atoms with Gasteiger partial charge in [0.05, 0.1) is 5.60 Å². The highest BCUT2D eigenvalue weighted by Gasteiger charge is 2.32. The fraction of sp³-hybridized carbons (Fsp3) is 1.00. The lowest BCUT2D eigenvalue weighted by Crippen LogP contribution is -2.27. The van der Waals surface area contributed by atoms with Crippen LogP contribution >= 0.6 is 0 Å². The highest BCUT2D eigenvalue weighted by molar-refractivity contribution is 4.83. The van der Waals surface area contributed by atoms with Gasteiger partial charge >= 0.3 is 0 Å². The van der Waals surface area contributed by atoms with E-state index in [0.717, 1.165) is 12.5 Å². The molecule has 0 radical (unpaired) electrons. The maximum Gasteiger partial charge on any atom is 0.0658 e. The predicted molar refractivity (Wildman–Crippen MR) is 54.8 cm³/mol. The second-order valence-corrected chi connectivity index (χ2v) is 5.11. The van der Waals surface area contributed by atoms with Gasteiger partial charge in [0, 0.05) is 6.61 Å². The first-order valence-electron chi connectivity index (χ1n) is 5.92. The third-order valence-corrected chi connectivity index (χ3v) is 3.75. The molecule has 2 rings (SSSR count). The summed E-state index contributed by atoms with van der Waals surface area (Å²) < 4.78 is 5.84. The Balaban J connectivity index is 1.81. The Bertz CT molecular complexity index is 153. The molecule has 0 amide bonds. The number of hydrogen-bond acceptors (Lipinski definition) is 1. The van der Waals surface area contributed by atoms with E-state index in [2.05, 4.69) is 6.92 Å². The van der Waals surface area contributed by atoms with E-state index < -0.39 is 0 Å². The van der Waals surface area contributed by atoms with Crippen molar-refractivity contribution in [2.45, 2.75) is 63.9 Å². The normalized spacial score (nSPS) is 36.7. The van der Waals surface area contributed by atoms with Gasteiger partial charge in [-0.1, -0.05) is 32.1 Å². The molecule has 0 spiro atoms. The lowest BCUT2D eigenvalue weighted by atomic mass is 9.80. The van der Waals surface area contributed by atoms with E-state index in [1.54, 1.807) is 0 Å². The van der Waals surface area contributed by atoms with E-state index in [4.69, 9.17) is 4.74 Å². The molecule has 0 aromatic carbocycles. The first-order valence-corrected chi connectivity index (χ1v) is 5.92. The Morgan fingerprint density at radius 2 is 1.92 bits per heavy atom. The van der Waals surface area contributed by atoms with Crippen LogP contribution in [0.5, 0.6) is 0 Å². The van der Waals surface area contributed by atoms with E-state index in [1.165, 1.54) is 51.4 Å². The van der Waals surface area contributed by atoms with E-state index in [-0.39, 0.29) is 5.60 Å². The minimum absolute atomic E-state index is 0.252. The number of rotatable bonds is 2. The summed E-state index contributed by atoms with van der Waals surface area (Å²) in [5.41, 5.74) is 0.252. The van der Waals surface area contributed by atoms with E-state index >= 15 is 0 Å². The van der Waals surface area contributed by atoms with Crippen LogP contribution in [0, 0.1) is 5.92 Å². The Kier molecular flexibility index (Phi) is 2.92. The molecule has 1 heteroatoms. The fourth-order valence-electron chi connectivity index (χ4n) is 3.00. The molecule has 1 aliphatic carbocycles. The van der Waals surface area contributed by atoms with Gasteiger partial charge < -0.3 is 4.74 Å².